The van der Waals surface area contributed by atoms with E-state index in [1.54, 1.807) is 6.08 Å². The first-order valence-corrected chi connectivity index (χ1v) is 18.0. The molecule has 248 valence electrons. The Morgan fingerprint density at radius 1 is 1.00 bits per heavy atom. The smallest absolute Gasteiger partial charge is 0.331 e. The molecule has 0 heterocycles. The number of fused-ring (bicyclic) bond motifs is 5. The van der Waals surface area contributed by atoms with Gasteiger partial charge in [-0.1, -0.05) is 78.3 Å². The van der Waals surface area contributed by atoms with Gasteiger partial charge in [-0.2, -0.15) is 0 Å². The molecule has 4 aliphatic carbocycles. The maximum atomic E-state index is 12.9. The van der Waals surface area contributed by atoms with Gasteiger partial charge in [0.05, 0.1) is 13.2 Å². The van der Waals surface area contributed by atoms with Crippen LogP contribution >= 0.6 is 0 Å². The number of ether oxygens (including phenoxy) is 2. The second-order valence-electron chi connectivity index (χ2n) is 16.1. The number of carbonyl (C=O) groups is 1. The highest BCUT2D eigenvalue weighted by Crippen LogP contribution is 2.72. The van der Waals surface area contributed by atoms with E-state index >= 15 is 0 Å². The molecule has 0 aliphatic heterocycles. The molecule has 3 fully saturated rings. The number of benzene rings is 1. The van der Waals surface area contributed by atoms with Crippen LogP contribution in [0.15, 0.2) is 48.1 Å². The second kappa shape index (κ2) is 13.4. The number of rotatable bonds is 10. The number of esters is 1. The summed E-state index contributed by atoms with van der Waals surface area (Å²) in [5.74, 6) is 4.56. The molecule has 0 spiro atoms. The van der Waals surface area contributed by atoms with Gasteiger partial charge in [0.25, 0.3) is 0 Å². The average molecular weight is 617 g/mol. The minimum atomic E-state index is -0.291. The molecule has 0 amide bonds. The Hall–Kier alpha value is -2.33. The van der Waals surface area contributed by atoms with E-state index in [4.69, 9.17) is 9.47 Å². The van der Waals surface area contributed by atoms with Crippen LogP contribution in [0.3, 0.4) is 0 Å². The predicted molar refractivity (Wildman–Crippen MR) is 185 cm³/mol. The van der Waals surface area contributed by atoms with Gasteiger partial charge in [-0.25, -0.2) is 4.79 Å². The van der Waals surface area contributed by atoms with Gasteiger partial charge in [-0.05, 0) is 127 Å². The first-order valence-electron chi connectivity index (χ1n) is 18.0. The Bertz CT molecular complexity index is 1310. The molecule has 0 radical (unpaired) electrons. The topological polar surface area (TPSA) is 55.8 Å². The normalized spacial score (nSPS) is 35.9. The number of carbonyl (C=O) groups excluding carboxylic acids is 1. The van der Waals surface area contributed by atoms with E-state index in [0.29, 0.717) is 46.5 Å². The molecule has 9 unspecified atom stereocenters. The van der Waals surface area contributed by atoms with Gasteiger partial charge in [-0.3, -0.25) is 0 Å². The van der Waals surface area contributed by atoms with Crippen molar-refractivity contribution in [3.8, 4) is 5.75 Å². The molecule has 1 aromatic rings. The van der Waals surface area contributed by atoms with Crippen LogP contribution in [0.25, 0.3) is 6.08 Å². The van der Waals surface area contributed by atoms with E-state index in [1.165, 1.54) is 43.8 Å². The van der Waals surface area contributed by atoms with Crippen LogP contribution in [-0.2, 0) is 16.1 Å². The number of allylic oxidation sites excluding steroid dienone is 3. The minimum absolute atomic E-state index is 0.0625. The molecule has 3 saturated carbocycles. The van der Waals surface area contributed by atoms with Crippen molar-refractivity contribution in [1.29, 1.82) is 0 Å². The number of aliphatic hydroxyl groups excluding tert-OH is 1. The molecule has 5 rings (SSSR count). The van der Waals surface area contributed by atoms with Gasteiger partial charge in [-0.15, -0.1) is 0 Å². The van der Waals surface area contributed by atoms with Crippen molar-refractivity contribution in [3.63, 3.8) is 0 Å². The van der Waals surface area contributed by atoms with Gasteiger partial charge in [0, 0.05) is 18.1 Å². The first kappa shape index (κ1) is 34.0. The summed E-state index contributed by atoms with van der Waals surface area (Å²) in [5, 5.41) is 9.70. The quantitative estimate of drug-likeness (QED) is 0.161. The molecule has 0 aromatic heterocycles. The summed E-state index contributed by atoms with van der Waals surface area (Å²) in [5.41, 5.74) is 4.08. The largest absolute Gasteiger partial charge is 0.494 e. The van der Waals surface area contributed by atoms with Crippen LogP contribution in [0.5, 0.6) is 5.75 Å². The molecule has 4 heteroatoms. The van der Waals surface area contributed by atoms with Gasteiger partial charge in [0.1, 0.15) is 11.9 Å². The van der Waals surface area contributed by atoms with Crippen molar-refractivity contribution in [1.82, 2.24) is 0 Å². The zero-order valence-corrected chi connectivity index (χ0v) is 29.4. The van der Waals surface area contributed by atoms with Crippen LogP contribution in [-0.4, -0.2) is 23.8 Å². The van der Waals surface area contributed by atoms with Crippen LogP contribution in [0, 0.1) is 51.8 Å². The molecular weight excluding hydrogens is 556 g/mol. The Balaban J connectivity index is 1.24. The molecule has 4 nitrogen and oxygen atoms in total. The summed E-state index contributed by atoms with van der Waals surface area (Å²) in [7, 11) is 0. The SMILES string of the molecule is CCOc1ccc(/C=C/C(=O)OC2CCC3(C)C(=CCC4C3CCC3(C)C(C(C)/C=C/C(C)C(C)C)CCC43C)C2)cc1CO. The monoisotopic (exact) mass is 616 g/mol. The minimum Gasteiger partial charge on any atom is -0.494 e. The highest BCUT2D eigenvalue weighted by molar-refractivity contribution is 5.87. The van der Waals surface area contributed by atoms with Gasteiger partial charge in [0.2, 0.25) is 0 Å². The summed E-state index contributed by atoms with van der Waals surface area (Å²) >= 11 is 0. The number of hydrogen-bond acceptors (Lipinski definition) is 4. The Kier molecular flexibility index (Phi) is 10.1. The van der Waals surface area contributed by atoms with Gasteiger partial charge in [0.15, 0.2) is 0 Å². The third kappa shape index (κ3) is 6.34. The van der Waals surface area contributed by atoms with Crippen molar-refractivity contribution in [2.45, 2.75) is 119 Å². The van der Waals surface area contributed by atoms with Crippen LogP contribution < -0.4 is 4.74 Å². The van der Waals surface area contributed by atoms with Crippen molar-refractivity contribution in [3.05, 3.63) is 59.2 Å². The van der Waals surface area contributed by atoms with Crippen LogP contribution in [0.2, 0.25) is 0 Å². The van der Waals surface area contributed by atoms with Crippen molar-refractivity contribution in [2.75, 3.05) is 6.61 Å². The fourth-order valence-corrected chi connectivity index (χ4v) is 10.2. The first-order chi connectivity index (χ1) is 21.4. The van der Waals surface area contributed by atoms with E-state index in [2.05, 4.69) is 66.7 Å². The highest BCUT2D eigenvalue weighted by atomic mass is 16.5. The Morgan fingerprint density at radius 3 is 2.47 bits per heavy atom. The van der Waals surface area contributed by atoms with Gasteiger partial charge < -0.3 is 14.6 Å². The molecule has 1 N–H and O–H groups in total. The van der Waals surface area contributed by atoms with E-state index in [0.717, 1.165) is 42.6 Å². The average Bonchev–Trinajstić information content (AvgIpc) is 3.30. The van der Waals surface area contributed by atoms with E-state index < -0.39 is 0 Å². The summed E-state index contributed by atoms with van der Waals surface area (Å²) in [6.45, 7) is 19.7. The van der Waals surface area contributed by atoms with Crippen molar-refractivity contribution < 1.29 is 19.4 Å². The second-order valence-corrected chi connectivity index (χ2v) is 16.1. The fraction of sp³-hybridized carbons (Fsp3) is 0.683. The Labute approximate surface area is 273 Å². The number of aliphatic hydroxyl groups is 1. The third-order valence-corrected chi connectivity index (χ3v) is 13.6. The molecule has 1 aromatic carbocycles. The lowest BCUT2D eigenvalue weighted by atomic mass is 9.42. The van der Waals surface area contributed by atoms with E-state index in [9.17, 15) is 9.90 Å². The van der Waals surface area contributed by atoms with Crippen LogP contribution in [0.4, 0.5) is 0 Å². The lowest BCUT2D eigenvalue weighted by Gasteiger charge is -2.63. The molecule has 4 aliphatic rings. The molecule has 9 atom stereocenters. The summed E-state index contributed by atoms with van der Waals surface area (Å²) in [6, 6.07) is 5.60. The Morgan fingerprint density at radius 2 is 1.76 bits per heavy atom. The molecular formula is C41H60O4. The third-order valence-electron chi connectivity index (χ3n) is 13.6. The summed E-state index contributed by atoms with van der Waals surface area (Å²) < 4.78 is 11.6. The maximum absolute atomic E-state index is 12.9. The van der Waals surface area contributed by atoms with Gasteiger partial charge >= 0.3 is 5.97 Å². The number of hydrogen-bond donors (Lipinski definition) is 1. The fourth-order valence-electron chi connectivity index (χ4n) is 10.2. The van der Waals surface area contributed by atoms with Crippen molar-refractivity contribution in [2.24, 2.45) is 51.8 Å². The van der Waals surface area contributed by atoms with Crippen molar-refractivity contribution >= 4 is 12.0 Å². The van der Waals surface area contributed by atoms with E-state index in [1.807, 2.05) is 25.1 Å². The highest BCUT2D eigenvalue weighted by Gasteiger charge is 2.64. The maximum Gasteiger partial charge on any atom is 0.331 e. The van der Waals surface area contributed by atoms with Crippen LogP contribution in [0.1, 0.15) is 118 Å². The standard InChI is InChI=1S/C41H60O4/c1-9-44-37-16-12-30(24-31(37)26-42)13-17-38(43)45-33-18-21-39(6)32(25-33)14-15-36-35(39)20-23-40(7)34(19-22-41(36,40)8)29(5)11-10-28(4)27(2)3/h10-14,16-17,24,27-29,33-36,42H,9,15,18-23,25-26H2,1-8H3/b11-10+,17-13+. The van der Waals surface area contributed by atoms with E-state index in [-0.39, 0.29) is 24.1 Å². The predicted octanol–water partition coefficient (Wildman–Crippen LogP) is 9.96. The zero-order valence-electron chi connectivity index (χ0n) is 29.4. The summed E-state index contributed by atoms with van der Waals surface area (Å²) in [6.07, 6.45) is 20.3. The lowest BCUT2D eigenvalue weighted by molar-refractivity contribution is -0.146. The summed E-state index contributed by atoms with van der Waals surface area (Å²) in [4.78, 5) is 12.9. The lowest BCUT2D eigenvalue weighted by Crippen LogP contribution is -2.55. The molecule has 45 heavy (non-hydrogen) atoms. The zero-order chi connectivity index (χ0) is 32.6. The molecule has 0 saturated heterocycles. The molecule has 0 bridgehead atoms.